The van der Waals surface area contributed by atoms with Crippen molar-refractivity contribution < 1.29 is 4.79 Å². The van der Waals surface area contributed by atoms with Crippen molar-refractivity contribution in [2.24, 2.45) is 16.5 Å². The Morgan fingerprint density at radius 2 is 2.00 bits per heavy atom. The molecule has 0 saturated carbocycles. The maximum Gasteiger partial charge on any atom is 0.222 e. The number of carbonyl (C=O) groups excluding carboxylic acids is 1. The van der Waals surface area contributed by atoms with Crippen LogP contribution in [0.25, 0.3) is 0 Å². The highest BCUT2D eigenvalue weighted by atomic mass is 16.2. The quantitative estimate of drug-likeness (QED) is 0.328. The van der Waals surface area contributed by atoms with E-state index in [2.05, 4.69) is 4.99 Å². The van der Waals surface area contributed by atoms with Crippen molar-refractivity contribution in [2.75, 3.05) is 20.6 Å². The van der Waals surface area contributed by atoms with Gasteiger partial charge in [0.1, 0.15) is 0 Å². The molecular formula is C7H16N4O. The molecule has 0 unspecified atom stereocenters. The SMILES string of the molecule is CN(C)C(=O)CCCN=C(N)N. The average Bonchev–Trinajstić information content (AvgIpc) is 1.97. The number of amides is 1. The molecule has 0 aliphatic heterocycles. The number of nitrogens with zero attached hydrogens (tertiary/aromatic N) is 2. The summed E-state index contributed by atoms with van der Waals surface area (Å²) in [4.78, 5) is 16.3. The Kier molecular flexibility index (Phi) is 4.83. The second kappa shape index (κ2) is 5.40. The summed E-state index contributed by atoms with van der Waals surface area (Å²) in [5.41, 5.74) is 10.2. The molecule has 0 spiro atoms. The third kappa shape index (κ3) is 5.52. The third-order valence-electron chi connectivity index (χ3n) is 1.34. The number of rotatable bonds is 4. The van der Waals surface area contributed by atoms with Gasteiger partial charge in [-0.2, -0.15) is 0 Å². The molecule has 0 fully saturated rings. The fourth-order valence-corrected chi connectivity index (χ4v) is 0.662. The van der Waals surface area contributed by atoms with Crippen LogP contribution < -0.4 is 11.5 Å². The third-order valence-corrected chi connectivity index (χ3v) is 1.34. The van der Waals surface area contributed by atoms with Crippen molar-refractivity contribution in [1.29, 1.82) is 0 Å². The highest BCUT2D eigenvalue weighted by molar-refractivity contribution is 5.76. The Balaban J connectivity index is 3.45. The van der Waals surface area contributed by atoms with Crippen LogP contribution in [0.15, 0.2) is 4.99 Å². The van der Waals surface area contributed by atoms with Crippen molar-refractivity contribution in [3.05, 3.63) is 0 Å². The van der Waals surface area contributed by atoms with Crippen molar-refractivity contribution in [1.82, 2.24) is 4.90 Å². The molecule has 0 aromatic rings. The number of aliphatic imine (C=N–C) groups is 1. The fraction of sp³-hybridized carbons (Fsp3) is 0.714. The van der Waals surface area contributed by atoms with Crippen LogP contribution in [0.5, 0.6) is 0 Å². The first kappa shape index (κ1) is 10.7. The van der Waals surface area contributed by atoms with Crippen LogP contribution in [0.3, 0.4) is 0 Å². The van der Waals surface area contributed by atoms with Gasteiger partial charge in [0.15, 0.2) is 5.96 Å². The number of hydrogen-bond donors (Lipinski definition) is 2. The van der Waals surface area contributed by atoms with Gasteiger partial charge in [-0.15, -0.1) is 0 Å². The lowest BCUT2D eigenvalue weighted by molar-refractivity contribution is -0.128. The van der Waals surface area contributed by atoms with E-state index in [-0.39, 0.29) is 11.9 Å². The number of carbonyl (C=O) groups is 1. The van der Waals surface area contributed by atoms with E-state index in [1.54, 1.807) is 19.0 Å². The first-order valence-electron chi connectivity index (χ1n) is 3.79. The van der Waals surface area contributed by atoms with E-state index >= 15 is 0 Å². The molecule has 70 valence electrons. The average molecular weight is 172 g/mol. The largest absolute Gasteiger partial charge is 0.370 e. The van der Waals surface area contributed by atoms with Gasteiger partial charge in [0.05, 0.1) is 0 Å². The zero-order valence-electron chi connectivity index (χ0n) is 7.58. The lowest BCUT2D eigenvalue weighted by Crippen LogP contribution is -2.24. The molecule has 0 saturated heterocycles. The van der Waals surface area contributed by atoms with Crippen molar-refractivity contribution in [3.8, 4) is 0 Å². The van der Waals surface area contributed by atoms with Crippen LogP contribution in [-0.4, -0.2) is 37.4 Å². The van der Waals surface area contributed by atoms with E-state index in [0.29, 0.717) is 19.4 Å². The van der Waals surface area contributed by atoms with Gasteiger partial charge in [0.2, 0.25) is 5.91 Å². The molecule has 0 aromatic carbocycles. The minimum Gasteiger partial charge on any atom is -0.370 e. The lowest BCUT2D eigenvalue weighted by atomic mass is 10.3. The summed E-state index contributed by atoms with van der Waals surface area (Å²) >= 11 is 0. The summed E-state index contributed by atoms with van der Waals surface area (Å²) in [6.45, 7) is 0.516. The molecule has 0 rings (SSSR count). The second-order valence-electron chi connectivity index (χ2n) is 2.70. The van der Waals surface area contributed by atoms with Gasteiger partial charge >= 0.3 is 0 Å². The molecule has 1 amide bonds. The number of hydrogen-bond acceptors (Lipinski definition) is 2. The van der Waals surface area contributed by atoms with Gasteiger partial charge in [-0.25, -0.2) is 0 Å². The lowest BCUT2D eigenvalue weighted by Gasteiger charge is -2.08. The van der Waals surface area contributed by atoms with Gasteiger partial charge in [-0.1, -0.05) is 0 Å². The topological polar surface area (TPSA) is 84.7 Å². The van der Waals surface area contributed by atoms with Gasteiger partial charge in [0.25, 0.3) is 0 Å². The molecule has 0 aliphatic rings. The number of guanidine groups is 1. The summed E-state index contributed by atoms with van der Waals surface area (Å²) < 4.78 is 0. The van der Waals surface area contributed by atoms with Gasteiger partial charge in [0, 0.05) is 27.1 Å². The molecule has 5 heteroatoms. The maximum absolute atomic E-state index is 11.0. The van der Waals surface area contributed by atoms with Crippen LogP contribution >= 0.6 is 0 Å². The molecule has 4 N–H and O–H groups in total. The van der Waals surface area contributed by atoms with Crippen LogP contribution in [0.1, 0.15) is 12.8 Å². The molecule has 5 nitrogen and oxygen atoms in total. The first-order chi connectivity index (χ1) is 5.54. The molecular weight excluding hydrogens is 156 g/mol. The Bertz CT molecular complexity index is 172. The van der Waals surface area contributed by atoms with Crippen LogP contribution in [0.2, 0.25) is 0 Å². The van der Waals surface area contributed by atoms with E-state index < -0.39 is 0 Å². The van der Waals surface area contributed by atoms with Crippen LogP contribution in [0.4, 0.5) is 0 Å². The van der Waals surface area contributed by atoms with E-state index in [1.807, 2.05) is 0 Å². The highest BCUT2D eigenvalue weighted by Crippen LogP contribution is 1.93. The maximum atomic E-state index is 11.0. The molecule has 0 aliphatic carbocycles. The van der Waals surface area contributed by atoms with Crippen molar-refractivity contribution >= 4 is 11.9 Å². The van der Waals surface area contributed by atoms with E-state index in [0.717, 1.165) is 0 Å². The van der Waals surface area contributed by atoms with Crippen molar-refractivity contribution in [3.63, 3.8) is 0 Å². The minimum atomic E-state index is 0.0762. The molecule has 0 atom stereocenters. The minimum absolute atomic E-state index is 0.0762. The molecule has 0 radical (unpaired) electrons. The smallest absolute Gasteiger partial charge is 0.222 e. The van der Waals surface area contributed by atoms with Gasteiger partial charge in [-0.3, -0.25) is 9.79 Å². The Hall–Kier alpha value is -1.26. The van der Waals surface area contributed by atoms with E-state index in [4.69, 9.17) is 11.5 Å². The molecule has 12 heavy (non-hydrogen) atoms. The predicted octanol–water partition coefficient (Wildman–Crippen LogP) is -0.872. The molecule has 0 bridgehead atoms. The normalized spacial score (nSPS) is 9.17. The standard InChI is InChI=1S/C7H16N4O/c1-11(2)6(12)4-3-5-10-7(8)9/h3-5H2,1-2H3,(H4,8,9,10). The van der Waals surface area contributed by atoms with Crippen LogP contribution in [-0.2, 0) is 4.79 Å². The molecule has 0 aromatic heterocycles. The van der Waals surface area contributed by atoms with E-state index in [9.17, 15) is 4.79 Å². The molecule has 0 heterocycles. The second-order valence-corrected chi connectivity index (χ2v) is 2.70. The first-order valence-corrected chi connectivity index (χ1v) is 3.79. The summed E-state index contributed by atoms with van der Waals surface area (Å²) in [6.07, 6.45) is 1.18. The zero-order chi connectivity index (χ0) is 9.56. The summed E-state index contributed by atoms with van der Waals surface area (Å²) in [7, 11) is 3.45. The summed E-state index contributed by atoms with van der Waals surface area (Å²) in [5.74, 6) is 0.174. The Morgan fingerprint density at radius 3 is 2.42 bits per heavy atom. The Morgan fingerprint density at radius 1 is 1.42 bits per heavy atom. The van der Waals surface area contributed by atoms with Crippen LogP contribution in [0, 0.1) is 0 Å². The zero-order valence-corrected chi connectivity index (χ0v) is 7.58. The number of nitrogens with two attached hydrogens (primary N) is 2. The Labute approximate surface area is 72.4 Å². The van der Waals surface area contributed by atoms with Gasteiger partial charge < -0.3 is 16.4 Å². The van der Waals surface area contributed by atoms with Crippen molar-refractivity contribution in [2.45, 2.75) is 12.8 Å². The fourth-order valence-electron chi connectivity index (χ4n) is 0.662. The van der Waals surface area contributed by atoms with E-state index in [1.165, 1.54) is 0 Å². The predicted molar refractivity (Wildman–Crippen MR) is 48.6 cm³/mol. The highest BCUT2D eigenvalue weighted by Gasteiger charge is 2.01. The van der Waals surface area contributed by atoms with Gasteiger partial charge in [-0.05, 0) is 6.42 Å². The summed E-state index contributed by atoms with van der Waals surface area (Å²) in [6, 6.07) is 0. The summed E-state index contributed by atoms with van der Waals surface area (Å²) in [5, 5.41) is 0. The monoisotopic (exact) mass is 172 g/mol.